The maximum absolute atomic E-state index is 12.6. The summed E-state index contributed by atoms with van der Waals surface area (Å²) in [6, 6.07) is 3.16. The van der Waals surface area contributed by atoms with Crippen molar-refractivity contribution in [1.29, 1.82) is 0 Å². The molecule has 0 radical (unpaired) electrons. The van der Waals surface area contributed by atoms with Gasteiger partial charge in [-0.15, -0.1) is 11.3 Å². The van der Waals surface area contributed by atoms with Gasteiger partial charge >= 0.3 is 0 Å². The predicted molar refractivity (Wildman–Crippen MR) is 87.3 cm³/mol. The lowest BCUT2D eigenvalue weighted by molar-refractivity contribution is 0.164. The third-order valence-electron chi connectivity index (χ3n) is 2.72. The summed E-state index contributed by atoms with van der Waals surface area (Å²) < 4.78 is 36.8. The van der Waals surface area contributed by atoms with E-state index in [1.54, 1.807) is 13.2 Å². The monoisotopic (exact) mass is 352 g/mol. The molecular weight excluding hydrogens is 332 g/mol. The molecule has 0 saturated heterocycles. The van der Waals surface area contributed by atoms with Crippen LogP contribution in [0.1, 0.15) is 11.3 Å². The molecule has 0 unspecified atom stereocenters. The maximum Gasteiger partial charge on any atom is 0.252 e. The normalized spacial score (nSPS) is 12.0. The molecule has 0 aliphatic carbocycles. The van der Waals surface area contributed by atoms with Gasteiger partial charge in [0.05, 0.1) is 11.5 Å². The van der Waals surface area contributed by atoms with Crippen LogP contribution in [0, 0.1) is 0 Å². The third-order valence-corrected chi connectivity index (χ3v) is 6.55. The zero-order valence-electron chi connectivity index (χ0n) is 12.1. The van der Waals surface area contributed by atoms with Crippen LogP contribution in [-0.4, -0.2) is 58.2 Å². The van der Waals surface area contributed by atoms with Gasteiger partial charge in [0.15, 0.2) is 0 Å². The second-order valence-corrected chi connectivity index (χ2v) is 7.91. The minimum atomic E-state index is -3.57. The molecule has 2 N–H and O–H groups in total. The van der Waals surface area contributed by atoms with E-state index in [2.05, 4.69) is 0 Å². The van der Waals surface area contributed by atoms with Crippen molar-refractivity contribution in [2.45, 2.75) is 10.6 Å². The first-order valence-electron chi connectivity index (χ1n) is 6.31. The zero-order chi connectivity index (χ0) is 15.9. The van der Waals surface area contributed by atoms with E-state index >= 15 is 0 Å². The summed E-state index contributed by atoms with van der Waals surface area (Å²) in [7, 11) is -0.443. The lowest BCUT2D eigenvalue weighted by Crippen LogP contribution is -2.34. The predicted octanol–water partition coefficient (Wildman–Crippen LogP) is 1.06. The number of methoxy groups -OCH3 is 2. The fraction of sp³-hybridized carbons (Fsp3) is 0.583. The highest BCUT2D eigenvalue weighted by molar-refractivity contribution is 7.91. The topological polar surface area (TPSA) is 81.9 Å². The number of rotatable bonds is 10. The Labute approximate surface area is 134 Å². The van der Waals surface area contributed by atoms with E-state index in [0.29, 0.717) is 37.6 Å². The smallest absolute Gasteiger partial charge is 0.252 e. The largest absolute Gasteiger partial charge is 0.389 e. The molecule has 120 valence electrons. The van der Waals surface area contributed by atoms with E-state index in [4.69, 9.17) is 27.4 Å². The minimum absolute atomic E-state index is 0.198. The van der Waals surface area contributed by atoms with Crippen molar-refractivity contribution in [2.75, 3.05) is 40.5 Å². The molecular formula is C12H20N2O4S3. The molecule has 0 aliphatic rings. The van der Waals surface area contributed by atoms with Gasteiger partial charge < -0.3 is 15.2 Å². The van der Waals surface area contributed by atoms with Crippen LogP contribution in [0.3, 0.4) is 0 Å². The molecule has 0 saturated carbocycles. The SMILES string of the molecule is COCCCN(CCOC)S(=O)(=O)c1ccc(C(N)=S)s1. The number of hydrogen-bond acceptors (Lipinski definition) is 6. The molecule has 0 spiro atoms. The zero-order valence-corrected chi connectivity index (χ0v) is 14.5. The summed E-state index contributed by atoms with van der Waals surface area (Å²) in [6.07, 6.45) is 0.618. The summed E-state index contributed by atoms with van der Waals surface area (Å²) in [6.45, 7) is 1.50. The lowest BCUT2D eigenvalue weighted by atomic mass is 10.4. The molecule has 0 aromatic carbocycles. The van der Waals surface area contributed by atoms with Crippen LogP contribution >= 0.6 is 23.6 Å². The number of nitrogens with zero attached hydrogens (tertiary/aromatic N) is 1. The Bertz CT molecular complexity index is 557. The molecule has 6 nitrogen and oxygen atoms in total. The van der Waals surface area contributed by atoms with Crippen LogP contribution in [0.25, 0.3) is 0 Å². The maximum atomic E-state index is 12.6. The molecule has 9 heteroatoms. The van der Waals surface area contributed by atoms with Crippen LogP contribution in [0.5, 0.6) is 0 Å². The van der Waals surface area contributed by atoms with E-state index in [1.165, 1.54) is 17.5 Å². The van der Waals surface area contributed by atoms with Gasteiger partial charge in [-0.2, -0.15) is 4.31 Å². The first-order chi connectivity index (χ1) is 9.93. The van der Waals surface area contributed by atoms with E-state index in [9.17, 15) is 8.42 Å². The summed E-state index contributed by atoms with van der Waals surface area (Å²) in [4.78, 5) is 0.788. The Balaban J connectivity index is 2.92. The van der Waals surface area contributed by atoms with Crippen LogP contribution in [0.15, 0.2) is 16.3 Å². The first-order valence-corrected chi connectivity index (χ1v) is 8.97. The minimum Gasteiger partial charge on any atom is -0.389 e. The number of nitrogens with two attached hydrogens (primary N) is 1. The van der Waals surface area contributed by atoms with Crippen molar-refractivity contribution >= 4 is 38.6 Å². The van der Waals surface area contributed by atoms with Crippen molar-refractivity contribution in [1.82, 2.24) is 4.31 Å². The number of sulfonamides is 1. The highest BCUT2D eigenvalue weighted by atomic mass is 32.2. The van der Waals surface area contributed by atoms with Crippen LogP contribution in [-0.2, 0) is 19.5 Å². The standard InChI is InChI=1S/C12H20N2O4S3/c1-17-8-3-6-14(7-9-18-2)21(15,16)11-5-4-10(20-11)12(13)19/h4-5H,3,6-9H2,1-2H3,(H2,13,19). The Morgan fingerprint density at radius 2 is 1.95 bits per heavy atom. The van der Waals surface area contributed by atoms with Gasteiger partial charge in [0.25, 0.3) is 10.0 Å². The molecule has 0 fully saturated rings. The Morgan fingerprint density at radius 3 is 2.48 bits per heavy atom. The quantitative estimate of drug-likeness (QED) is 0.501. The van der Waals surface area contributed by atoms with Crippen molar-refractivity contribution in [3.63, 3.8) is 0 Å². The number of thiocarbonyl (C=S) groups is 1. The molecule has 21 heavy (non-hydrogen) atoms. The van der Waals surface area contributed by atoms with Crippen molar-refractivity contribution in [2.24, 2.45) is 5.73 Å². The van der Waals surface area contributed by atoms with E-state index in [1.807, 2.05) is 0 Å². The highest BCUT2D eigenvalue weighted by Crippen LogP contribution is 2.25. The average Bonchev–Trinajstić information content (AvgIpc) is 2.93. The fourth-order valence-electron chi connectivity index (χ4n) is 1.65. The van der Waals surface area contributed by atoms with Crippen molar-refractivity contribution < 1.29 is 17.9 Å². The Morgan fingerprint density at radius 1 is 1.29 bits per heavy atom. The molecule has 1 heterocycles. The van der Waals surface area contributed by atoms with Crippen LogP contribution < -0.4 is 5.73 Å². The number of hydrogen-bond donors (Lipinski definition) is 1. The third kappa shape index (κ3) is 5.28. The molecule has 0 amide bonds. The van der Waals surface area contributed by atoms with E-state index < -0.39 is 10.0 Å². The Kier molecular flexibility index (Phi) is 7.71. The molecule has 1 rings (SSSR count). The number of thiophene rings is 1. The molecule has 1 aromatic rings. The van der Waals surface area contributed by atoms with Gasteiger partial charge in [-0.25, -0.2) is 8.42 Å². The summed E-state index contributed by atoms with van der Waals surface area (Å²) in [5, 5.41) is 0. The first kappa shape index (κ1) is 18.5. The number of ether oxygens (including phenoxy) is 2. The second-order valence-electron chi connectivity index (χ2n) is 4.23. The van der Waals surface area contributed by atoms with E-state index in [0.717, 1.165) is 11.3 Å². The Hall–Kier alpha value is -0.580. The summed E-state index contributed by atoms with van der Waals surface area (Å²) >= 11 is 5.94. The molecule has 0 bridgehead atoms. The summed E-state index contributed by atoms with van der Waals surface area (Å²) in [5.41, 5.74) is 5.52. The van der Waals surface area contributed by atoms with Gasteiger partial charge in [0.1, 0.15) is 9.20 Å². The van der Waals surface area contributed by atoms with Crippen molar-refractivity contribution in [3.8, 4) is 0 Å². The van der Waals surface area contributed by atoms with E-state index in [-0.39, 0.29) is 9.20 Å². The van der Waals surface area contributed by atoms with Gasteiger partial charge in [-0.1, -0.05) is 12.2 Å². The van der Waals surface area contributed by atoms with Gasteiger partial charge in [0, 0.05) is 33.9 Å². The molecule has 0 atom stereocenters. The summed E-state index contributed by atoms with van der Waals surface area (Å²) in [5.74, 6) is 0. The second kappa shape index (κ2) is 8.76. The lowest BCUT2D eigenvalue weighted by Gasteiger charge is -2.20. The highest BCUT2D eigenvalue weighted by Gasteiger charge is 2.25. The van der Waals surface area contributed by atoms with Crippen molar-refractivity contribution in [3.05, 3.63) is 17.0 Å². The van der Waals surface area contributed by atoms with Gasteiger partial charge in [-0.05, 0) is 18.6 Å². The molecule has 1 aromatic heterocycles. The van der Waals surface area contributed by atoms with Crippen LogP contribution in [0.2, 0.25) is 0 Å². The molecule has 0 aliphatic heterocycles. The van der Waals surface area contributed by atoms with Crippen LogP contribution in [0.4, 0.5) is 0 Å². The van der Waals surface area contributed by atoms with Gasteiger partial charge in [0.2, 0.25) is 0 Å². The van der Waals surface area contributed by atoms with Gasteiger partial charge in [-0.3, -0.25) is 0 Å². The fourth-order valence-corrected chi connectivity index (χ4v) is 4.62. The average molecular weight is 353 g/mol.